The van der Waals surface area contributed by atoms with E-state index in [2.05, 4.69) is 4.72 Å². The number of sulfonamides is 1. The standard InChI is InChI=1S/C18H19FN2O3S2/c1-12-10-14(19)4-6-16(12)20-26(23,24)15-5-7-18-17(11-15)21(13(2)22)8-3-9-25-18/h4-7,10-11,20H,3,8-9H2,1-2H3. The van der Waals surface area contributed by atoms with Crippen LogP contribution < -0.4 is 9.62 Å². The van der Waals surface area contributed by atoms with Crippen molar-refractivity contribution in [2.24, 2.45) is 0 Å². The number of hydrogen-bond acceptors (Lipinski definition) is 4. The van der Waals surface area contributed by atoms with Crippen LogP contribution in [0.1, 0.15) is 18.9 Å². The SMILES string of the molecule is CC(=O)N1CCCSc2ccc(S(=O)(=O)Nc3ccc(F)cc3C)cc21. The fraction of sp³-hybridized carbons (Fsp3) is 0.278. The van der Waals surface area contributed by atoms with Crippen LogP contribution in [0.2, 0.25) is 0 Å². The Morgan fingerprint density at radius 3 is 2.69 bits per heavy atom. The van der Waals surface area contributed by atoms with E-state index in [9.17, 15) is 17.6 Å². The normalized spacial score (nSPS) is 14.5. The number of fused-ring (bicyclic) bond motifs is 1. The lowest BCUT2D eigenvalue weighted by Gasteiger charge is -2.21. The molecule has 0 aliphatic carbocycles. The highest BCUT2D eigenvalue weighted by Gasteiger charge is 2.23. The summed E-state index contributed by atoms with van der Waals surface area (Å²) in [6.07, 6.45) is 0.841. The number of thioether (sulfide) groups is 1. The van der Waals surface area contributed by atoms with Gasteiger partial charge in [-0.05, 0) is 61.1 Å². The second-order valence-electron chi connectivity index (χ2n) is 6.07. The molecule has 2 aromatic rings. The molecule has 138 valence electrons. The lowest BCUT2D eigenvalue weighted by Crippen LogP contribution is -2.29. The zero-order chi connectivity index (χ0) is 18.9. The van der Waals surface area contributed by atoms with E-state index in [1.807, 2.05) is 0 Å². The zero-order valence-corrected chi connectivity index (χ0v) is 16.1. The van der Waals surface area contributed by atoms with Crippen LogP contribution in [0, 0.1) is 12.7 Å². The van der Waals surface area contributed by atoms with E-state index >= 15 is 0 Å². The molecule has 1 heterocycles. The van der Waals surface area contributed by atoms with Gasteiger partial charge in [0.1, 0.15) is 5.82 Å². The first-order valence-electron chi connectivity index (χ1n) is 8.12. The molecule has 0 saturated heterocycles. The lowest BCUT2D eigenvalue weighted by atomic mass is 10.2. The van der Waals surface area contributed by atoms with Gasteiger partial charge in [0.25, 0.3) is 10.0 Å². The molecule has 0 saturated carbocycles. The summed E-state index contributed by atoms with van der Waals surface area (Å²) in [5, 5.41) is 0. The van der Waals surface area contributed by atoms with Crippen LogP contribution in [0.15, 0.2) is 46.2 Å². The number of benzene rings is 2. The number of nitrogens with zero attached hydrogens (tertiary/aromatic N) is 1. The molecule has 0 atom stereocenters. The first kappa shape index (κ1) is 18.7. The van der Waals surface area contributed by atoms with Crippen LogP contribution >= 0.6 is 11.8 Å². The number of carbonyl (C=O) groups excluding carboxylic acids is 1. The fourth-order valence-electron chi connectivity index (χ4n) is 2.79. The van der Waals surface area contributed by atoms with Gasteiger partial charge in [-0.25, -0.2) is 12.8 Å². The smallest absolute Gasteiger partial charge is 0.261 e. The molecule has 0 spiro atoms. The van der Waals surface area contributed by atoms with Gasteiger partial charge >= 0.3 is 0 Å². The second-order valence-corrected chi connectivity index (χ2v) is 8.89. The second kappa shape index (κ2) is 7.28. The molecular formula is C18H19FN2O3S2. The Hall–Kier alpha value is -2.06. The monoisotopic (exact) mass is 394 g/mol. The van der Waals surface area contributed by atoms with Crippen molar-refractivity contribution in [2.45, 2.75) is 30.1 Å². The molecule has 2 aromatic carbocycles. The first-order chi connectivity index (χ1) is 12.3. The van der Waals surface area contributed by atoms with Gasteiger partial charge in [0.15, 0.2) is 0 Å². The van der Waals surface area contributed by atoms with Crippen LogP contribution in [0.25, 0.3) is 0 Å². The van der Waals surface area contributed by atoms with E-state index in [0.29, 0.717) is 23.5 Å². The van der Waals surface area contributed by atoms with Crippen molar-refractivity contribution in [1.82, 2.24) is 0 Å². The van der Waals surface area contributed by atoms with Gasteiger partial charge < -0.3 is 4.90 Å². The van der Waals surface area contributed by atoms with Crippen LogP contribution in [0.3, 0.4) is 0 Å². The predicted molar refractivity (Wildman–Crippen MR) is 102 cm³/mol. The Bertz CT molecular complexity index is 961. The van der Waals surface area contributed by atoms with Gasteiger partial charge in [-0.2, -0.15) is 0 Å². The lowest BCUT2D eigenvalue weighted by molar-refractivity contribution is -0.116. The fourth-order valence-corrected chi connectivity index (χ4v) is 4.92. The van der Waals surface area contributed by atoms with Crippen LogP contribution in [0.4, 0.5) is 15.8 Å². The Balaban J connectivity index is 1.99. The van der Waals surface area contributed by atoms with Gasteiger partial charge in [0.2, 0.25) is 5.91 Å². The molecular weight excluding hydrogens is 375 g/mol. The number of rotatable bonds is 3. The maximum absolute atomic E-state index is 13.2. The highest BCUT2D eigenvalue weighted by molar-refractivity contribution is 7.99. The molecule has 8 heteroatoms. The van der Waals surface area contributed by atoms with E-state index in [4.69, 9.17) is 0 Å². The molecule has 0 unspecified atom stereocenters. The number of amides is 1. The minimum absolute atomic E-state index is 0.0636. The molecule has 1 N–H and O–H groups in total. The van der Waals surface area contributed by atoms with Crippen molar-refractivity contribution in [2.75, 3.05) is 21.9 Å². The third kappa shape index (κ3) is 3.86. The molecule has 0 aromatic heterocycles. The van der Waals surface area contributed by atoms with Crippen LogP contribution in [0.5, 0.6) is 0 Å². The third-order valence-corrected chi connectivity index (χ3v) is 6.64. The number of anilines is 2. The van der Waals surface area contributed by atoms with Crippen molar-refractivity contribution >= 4 is 39.1 Å². The van der Waals surface area contributed by atoms with E-state index in [0.717, 1.165) is 17.1 Å². The van der Waals surface area contributed by atoms with E-state index in [-0.39, 0.29) is 10.8 Å². The minimum Gasteiger partial charge on any atom is -0.311 e. The Labute approximate surface area is 156 Å². The maximum Gasteiger partial charge on any atom is 0.261 e. The molecule has 3 rings (SSSR count). The van der Waals surface area contributed by atoms with Gasteiger partial charge in [-0.3, -0.25) is 9.52 Å². The van der Waals surface area contributed by atoms with Crippen molar-refractivity contribution in [1.29, 1.82) is 0 Å². The molecule has 0 fully saturated rings. The number of carbonyl (C=O) groups is 1. The minimum atomic E-state index is -3.86. The zero-order valence-electron chi connectivity index (χ0n) is 14.5. The summed E-state index contributed by atoms with van der Waals surface area (Å²) in [7, 11) is -3.86. The molecule has 0 bridgehead atoms. The van der Waals surface area contributed by atoms with E-state index < -0.39 is 15.8 Å². The average molecular weight is 394 g/mol. The highest BCUT2D eigenvalue weighted by Crippen LogP contribution is 2.36. The Morgan fingerprint density at radius 2 is 2.00 bits per heavy atom. The van der Waals surface area contributed by atoms with Crippen molar-refractivity contribution in [3.8, 4) is 0 Å². The molecule has 0 radical (unpaired) electrons. The third-order valence-electron chi connectivity index (χ3n) is 4.13. The average Bonchev–Trinajstić information content (AvgIpc) is 2.79. The van der Waals surface area contributed by atoms with Gasteiger partial charge in [0.05, 0.1) is 16.3 Å². The highest BCUT2D eigenvalue weighted by atomic mass is 32.2. The molecule has 26 heavy (non-hydrogen) atoms. The summed E-state index contributed by atoms with van der Waals surface area (Å²) in [6.45, 7) is 3.66. The summed E-state index contributed by atoms with van der Waals surface area (Å²) in [5.41, 5.74) is 1.42. The topological polar surface area (TPSA) is 66.5 Å². The summed E-state index contributed by atoms with van der Waals surface area (Å²) in [4.78, 5) is 14.5. The van der Waals surface area contributed by atoms with E-state index in [1.165, 1.54) is 37.3 Å². The molecule has 1 aliphatic rings. The Morgan fingerprint density at radius 1 is 1.23 bits per heavy atom. The van der Waals surface area contributed by atoms with Crippen molar-refractivity contribution in [3.05, 3.63) is 47.8 Å². The van der Waals surface area contributed by atoms with Gasteiger partial charge in [0, 0.05) is 18.4 Å². The summed E-state index contributed by atoms with van der Waals surface area (Å²) in [6, 6.07) is 8.64. The van der Waals surface area contributed by atoms with Crippen molar-refractivity contribution < 1.29 is 17.6 Å². The number of hydrogen-bond donors (Lipinski definition) is 1. The molecule has 1 amide bonds. The Kier molecular flexibility index (Phi) is 5.24. The number of halogens is 1. The first-order valence-corrected chi connectivity index (χ1v) is 10.6. The van der Waals surface area contributed by atoms with Crippen LogP contribution in [-0.4, -0.2) is 26.6 Å². The number of aryl methyl sites for hydroxylation is 1. The quantitative estimate of drug-likeness (QED) is 0.860. The van der Waals surface area contributed by atoms with Gasteiger partial charge in [-0.1, -0.05) is 0 Å². The summed E-state index contributed by atoms with van der Waals surface area (Å²) >= 11 is 1.61. The summed E-state index contributed by atoms with van der Waals surface area (Å²) in [5.74, 6) is 0.325. The maximum atomic E-state index is 13.2. The number of nitrogens with one attached hydrogen (secondary N) is 1. The van der Waals surface area contributed by atoms with Crippen LogP contribution in [-0.2, 0) is 14.8 Å². The van der Waals surface area contributed by atoms with E-state index in [1.54, 1.807) is 29.7 Å². The predicted octanol–water partition coefficient (Wildman–Crippen LogP) is 3.78. The van der Waals surface area contributed by atoms with Crippen molar-refractivity contribution in [3.63, 3.8) is 0 Å². The molecule has 1 aliphatic heterocycles. The van der Waals surface area contributed by atoms with Gasteiger partial charge in [-0.15, -0.1) is 11.8 Å². The summed E-state index contributed by atoms with van der Waals surface area (Å²) < 4.78 is 41.3. The largest absolute Gasteiger partial charge is 0.311 e. The molecule has 5 nitrogen and oxygen atoms in total.